The molecule has 0 fully saturated rings. The molecule has 0 spiro atoms. The van der Waals surface area contributed by atoms with Crippen LogP contribution in [0.25, 0.3) is 6.08 Å². The molecule has 0 saturated heterocycles. The summed E-state index contributed by atoms with van der Waals surface area (Å²) in [5.74, 6) is 0.348. The normalized spacial score (nSPS) is 13.9. The van der Waals surface area contributed by atoms with E-state index in [2.05, 4.69) is 4.72 Å². The lowest BCUT2D eigenvalue weighted by molar-refractivity contribution is 0.102. The molecule has 0 atom stereocenters. The second-order valence-electron chi connectivity index (χ2n) is 4.29. The molecule has 0 aliphatic carbocycles. The zero-order valence-electron chi connectivity index (χ0n) is 11.0. The van der Waals surface area contributed by atoms with E-state index in [-0.39, 0.29) is 18.2 Å². The van der Waals surface area contributed by atoms with Crippen molar-refractivity contribution in [2.75, 3.05) is 13.3 Å². The van der Waals surface area contributed by atoms with E-state index < -0.39 is 10.0 Å². The maximum Gasteiger partial charge on any atom is 0.249 e. The van der Waals surface area contributed by atoms with Gasteiger partial charge in [0.05, 0.1) is 0 Å². The predicted octanol–water partition coefficient (Wildman–Crippen LogP) is 2.47. The third-order valence-corrected chi connectivity index (χ3v) is 5.32. The second-order valence-corrected chi connectivity index (χ2v) is 6.83. The number of ether oxygens (including phenoxy) is 2. The SMILES string of the molecule is O=S(=O)(NCC=Cc1ccccc1)c1c2csc1OCO2. The summed E-state index contributed by atoms with van der Waals surface area (Å²) in [6.45, 7) is 0.257. The Bertz CT molecular complexity index is 729. The quantitative estimate of drug-likeness (QED) is 0.918. The van der Waals surface area contributed by atoms with Crippen LogP contribution < -0.4 is 14.2 Å². The largest absolute Gasteiger partial charge is 0.455 e. The van der Waals surface area contributed by atoms with E-state index in [1.54, 1.807) is 11.5 Å². The second kappa shape index (κ2) is 5.88. The molecule has 0 unspecified atom stereocenters. The van der Waals surface area contributed by atoms with Crippen LogP contribution in [0.3, 0.4) is 0 Å². The Balaban J connectivity index is 1.67. The van der Waals surface area contributed by atoms with Crippen molar-refractivity contribution in [2.24, 2.45) is 0 Å². The minimum absolute atomic E-state index is 0.0566. The smallest absolute Gasteiger partial charge is 0.249 e. The Hall–Kier alpha value is -1.83. The molecule has 1 aromatic carbocycles. The highest BCUT2D eigenvalue weighted by molar-refractivity contribution is 7.89. The molecule has 110 valence electrons. The number of benzene rings is 1. The van der Waals surface area contributed by atoms with E-state index in [0.717, 1.165) is 5.56 Å². The zero-order valence-corrected chi connectivity index (χ0v) is 12.6. The van der Waals surface area contributed by atoms with Crippen LogP contribution in [0.5, 0.6) is 10.8 Å². The van der Waals surface area contributed by atoms with E-state index >= 15 is 0 Å². The van der Waals surface area contributed by atoms with Crippen molar-refractivity contribution >= 4 is 27.4 Å². The lowest BCUT2D eigenvalue weighted by Crippen LogP contribution is -2.26. The molecule has 0 amide bonds. The highest BCUT2D eigenvalue weighted by Crippen LogP contribution is 2.42. The Kier molecular flexibility index (Phi) is 3.96. The number of nitrogens with one attached hydrogen (secondary N) is 1. The molecule has 1 aromatic heterocycles. The van der Waals surface area contributed by atoms with Gasteiger partial charge in [0.15, 0.2) is 10.6 Å². The fraction of sp³-hybridized carbons (Fsp3) is 0.143. The number of fused-ring (bicyclic) bond motifs is 2. The summed E-state index contributed by atoms with van der Waals surface area (Å²) >= 11 is 1.22. The van der Waals surface area contributed by atoms with Gasteiger partial charge in [-0.3, -0.25) is 0 Å². The van der Waals surface area contributed by atoms with Crippen LogP contribution in [-0.4, -0.2) is 21.8 Å². The third kappa shape index (κ3) is 3.10. The van der Waals surface area contributed by atoms with Gasteiger partial charge in [-0.1, -0.05) is 42.5 Å². The lowest BCUT2D eigenvalue weighted by atomic mass is 10.2. The average molecular weight is 323 g/mol. The molecular weight excluding hydrogens is 310 g/mol. The maximum absolute atomic E-state index is 12.2. The van der Waals surface area contributed by atoms with Gasteiger partial charge >= 0.3 is 0 Å². The average Bonchev–Trinajstić information content (AvgIpc) is 2.76. The summed E-state index contributed by atoms with van der Waals surface area (Å²) < 4.78 is 37.3. The fourth-order valence-electron chi connectivity index (χ4n) is 1.89. The summed E-state index contributed by atoms with van der Waals surface area (Å²) in [7, 11) is -3.63. The van der Waals surface area contributed by atoms with Crippen LogP contribution in [-0.2, 0) is 10.0 Å². The Labute approximate surface area is 126 Å². The predicted molar refractivity (Wildman–Crippen MR) is 81.1 cm³/mol. The van der Waals surface area contributed by atoms with Gasteiger partial charge in [0.1, 0.15) is 0 Å². The first-order chi connectivity index (χ1) is 10.2. The Morgan fingerprint density at radius 2 is 2.05 bits per heavy atom. The molecule has 2 bridgehead atoms. The zero-order chi connectivity index (χ0) is 14.7. The molecular formula is C14H13NO4S2. The van der Waals surface area contributed by atoms with Gasteiger partial charge in [-0.25, -0.2) is 13.1 Å². The van der Waals surface area contributed by atoms with Gasteiger partial charge in [-0.15, -0.1) is 11.3 Å². The van der Waals surface area contributed by atoms with Crippen LogP contribution in [0.4, 0.5) is 0 Å². The highest BCUT2D eigenvalue weighted by atomic mass is 32.2. The first kappa shape index (κ1) is 14.1. The standard InChI is InChI=1S/C14H13NO4S2/c16-21(17,13-12-9-20-14(13)19-10-18-12)15-8-4-7-11-5-2-1-3-6-11/h1-7,9,15H,8,10H2. The van der Waals surface area contributed by atoms with Gasteiger partial charge < -0.3 is 9.47 Å². The Morgan fingerprint density at radius 1 is 1.24 bits per heavy atom. The number of rotatable bonds is 5. The first-order valence-electron chi connectivity index (χ1n) is 6.25. The van der Waals surface area contributed by atoms with Crippen molar-refractivity contribution in [1.82, 2.24) is 4.72 Å². The van der Waals surface area contributed by atoms with Crippen molar-refractivity contribution in [3.05, 3.63) is 47.4 Å². The molecule has 0 radical (unpaired) electrons. The first-order valence-corrected chi connectivity index (χ1v) is 8.61. The molecule has 2 heterocycles. The molecule has 1 aliphatic heterocycles. The molecule has 1 N–H and O–H groups in total. The summed E-state index contributed by atoms with van der Waals surface area (Å²) in [4.78, 5) is 0.0897. The van der Waals surface area contributed by atoms with Crippen molar-refractivity contribution < 1.29 is 17.9 Å². The highest BCUT2D eigenvalue weighted by Gasteiger charge is 2.30. The van der Waals surface area contributed by atoms with Crippen LogP contribution in [0.2, 0.25) is 0 Å². The molecule has 21 heavy (non-hydrogen) atoms. The minimum atomic E-state index is -3.63. The molecule has 0 saturated carbocycles. The Morgan fingerprint density at radius 3 is 2.81 bits per heavy atom. The molecule has 5 nitrogen and oxygen atoms in total. The summed E-state index contributed by atoms with van der Waals surface area (Å²) in [6.07, 6.45) is 3.61. The van der Waals surface area contributed by atoms with Gasteiger partial charge in [0.25, 0.3) is 0 Å². The lowest BCUT2D eigenvalue weighted by Gasteiger charge is -2.15. The summed E-state index contributed by atoms with van der Waals surface area (Å²) in [5.41, 5.74) is 1.02. The van der Waals surface area contributed by atoms with Gasteiger partial charge in [-0.05, 0) is 5.56 Å². The molecule has 7 heteroatoms. The monoisotopic (exact) mass is 323 g/mol. The van der Waals surface area contributed by atoms with Gasteiger partial charge in [0, 0.05) is 11.9 Å². The van der Waals surface area contributed by atoms with Crippen LogP contribution in [0.15, 0.2) is 46.7 Å². The van der Waals surface area contributed by atoms with E-state index in [0.29, 0.717) is 10.8 Å². The van der Waals surface area contributed by atoms with Crippen LogP contribution in [0, 0.1) is 0 Å². The van der Waals surface area contributed by atoms with Crippen molar-refractivity contribution in [3.8, 4) is 10.8 Å². The minimum Gasteiger partial charge on any atom is -0.455 e. The fourth-order valence-corrected chi connectivity index (χ4v) is 4.28. The number of hydrogen-bond donors (Lipinski definition) is 1. The number of sulfonamides is 1. The van der Waals surface area contributed by atoms with E-state index in [1.807, 2.05) is 36.4 Å². The van der Waals surface area contributed by atoms with Crippen LogP contribution >= 0.6 is 11.3 Å². The van der Waals surface area contributed by atoms with Gasteiger partial charge in [0.2, 0.25) is 21.9 Å². The third-order valence-electron chi connectivity index (χ3n) is 2.86. The van der Waals surface area contributed by atoms with E-state index in [9.17, 15) is 8.42 Å². The van der Waals surface area contributed by atoms with Crippen molar-refractivity contribution in [1.29, 1.82) is 0 Å². The van der Waals surface area contributed by atoms with Crippen molar-refractivity contribution in [2.45, 2.75) is 4.90 Å². The van der Waals surface area contributed by atoms with Crippen LogP contribution in [0.1, 0.15) is 5.56 Å². The van der Waals surface area contributed by atoms with E-state index in [1.165, 1.54) is 11.3 Å². The van der Waals surface area contributed by atoms with Gasteiger partial charge in [-0.2, -0.15) is 0 Å². The number of hydrogen-bond acceptors (Lipinski definition) is 5. The van der Waals surface area contributed by atoms with Crippen molar-refractivity contribution in [3.63, 3.8) is 0 Å². The summed E-state index contributed by atoms with van der Waals surface area (Å²) in [5, 5.41) is 2.01. The summed E-state index contributed by atoms with van der Waals surface area (Å²) in [6, 6.07) is 9.67. The van der Waals surface area contributed by atoms with E-state index in [4.69, 9.17) is 9.47 Å². The molecule has 2 aromatic rings. The molecule has 1 aliphatic rings. The topological polar surface area (TPSA) is 64.6 Å². The molecule has 3 rings (SSSR count). The number of thiophene rings is 1. The maximum atomic E-state index is 12.2.